The lowest BCUT2D eigenvalue weighted by Crippen LogP contribution is -2.58. The number of esters is 1. The minimum atomic E-state index is -3.57. The van der Waals surface area contributed by atoms with E-state index in [0.717, 1.165) is 11.7 Å². The van der Waals surface area contributed by atoms with Crippen LogP contribution >= 0.6 is 11.6 Å². The highest BCUT2D eigenvalue weighted by atomic mass is 35.5. The number of likely N-dealkylation sites (tertiary alicyclic amines) is 1. The Morgan fingerprint density at radius 2 is 1.58 bits per heavy atom. The van der Waals surface area contributed by atoms with Crippen LogP contribution in [0.4, 0.5) is 10.5 Å². The van der Waals surface area contributed by atoms with Gasteiger partial charge < -0.3 is 25.0 Å². The van der Waals surface area contributed by atoms with E-state index in [-0.39, 0.29) is 29.2 Å². The van der Waals surface area contributed by atoms with Gasteiger partial charge in [0.05, 0.1) is 23.2 Å². The Morgan fingerprint density at radius 3 is 2.10 bits per heavy atom. The van der Waals surface area contributed by atoms with Crippen LogP contribution < -0.4 is 16.0 Å². The van der Waals surface area contributed by atoms with Gasteiger partial charge in [0.2, 0.25) is 11.8 Å². The highest BCUT2D eigenvalue weighted by Crippen LogP contribution is 2.28. The van der Waals surface area contributed by atoms with Gasteiger partial charge in [-0.25, -0.2) is 13.2 Å². The van der Waals surface area contributed by atoms with E-state index < -0.39 is 74.4 Å². The zero-order valence-corrected chi connectivity index (χ0v) is 30.9. The van der Waals surface area contributed by atoms with Gasteiger partial charge in [-0.15, -0.1) is 0 Å². The summed E-state index contributed by atoms with van der Waals surface area (Å²) in [4.78, 5) is 67.0. The maximum atomic E-state index is 14.0. The molecule has 1 aliphatic heterocycles. The van der Waals surface area contributed by atoms with Crippen LogP contribution in [-0.2, 0) is 33.7 Å². The second-order valence-electron chi connectivity index (χ2n) is 14.8. The normalized spacial score (nSPS) is 17.0. The third-order valence-corrected chi connectivity index (χ3v) is 7.75. The van der Waals surface area contributed by atoms with Crippen LogP contribution in [0.15, 0.2) is 29.7 Å². The third kappa shape index (κ3) is 13.5. The van der Waals surface area contributed by atoms with Crippen LogP contribution in [0.25, 0.3) is 0 Å². The number of carbonyl (C=O) groups is 5. The van der Waals surface area contributed by atoms with Crippen molar-refractivity contribution < 1.29 is 41.9 Å². The molecule has 2 rings (SSSR count). The topological polar surface area (TPSA) is 177 Å². The molecule has 0 unspecified atom stereocenters. The molecular weight excluding hydrogens is 664 g/mol. The first-order chi connectivity index (χ1) is 21.8. The number of benzene rings is 1. The Morgan fingerprint density at radius 1 is 0.979 bits per heavy atom. The Balaban J connectivity index is 2.25. The molecule has 0 spiro atoms. The summed E-state index contributed by atoms with van der Waals surface area (Å²) in [5, 5.41) is 8.98. The first-order valence-corrected chi connectivity index (χ1v) is 17.9. The van der Waals surface area contributed by atoms with E-state index in [0.29, 0.717) is 12.8 Å². The summed E-state index contributed by atoms with van der Waals surface area (Å²) >= 11 is 6.35. The standard InChI is InChI=1S/C33H49ClN4O9S/c1-31(2,3)26(37-27(40)20-13-14-23(22(34)18-20)36-30(43)47-33(7,8)9)29(42)38-16-11-12-24(38)28(41)35-21(15-17-48(10,44)45)19-25(39)46-32(4,5)6/h13-15,17-18,21,24,26H,11-12,16,19H2,1-10H3,(H,35,41)(H,36,43)(H,37,40)/b17-15+/t21-,24-,26+/m1/s1. The first kappa shape index (κ1) is 40.5. The van der Waals surface area contributed by atoms with Gasteiger partial charge in [-0.2, -0.15) is 0 Å². The van der Waals surface area contributed by atoms with Crippen LogP contribution in [0.2, 0.25) is 5.02 Å². The fourth-order valence-corrected chi connectivity index (χ4v) is 5.45. The molecular formula is C33H49ClN4O9S. The second kappa shape index (κ2) is 15.7. The minimum absolute atomic E-state index is 0.0780. The third-order valence-electron chi connectivity index (χ3n) is 6.79. The van der Waals surface area contributed by atoms with E-state index in [4.69, 9.17) is 21.1 Å². The van der Waals surface area contributed by atoms with E-state index in [1.807, 2.05) is 0 Å². The molecule has 13 nitrogen and oxygen atoms in total. The summed E-state index contributed by atoms with van der Waals surface area (Å²) in [7, 11) is -3.57. The molecule has 0 saturated carbocycles. The molecule has 15 heteroatoms. The SMILES string of the molecule is CC(C)(C)OC(=O)C[C@@H](/C=C/S(C)(=O)=O)NC(=O)[C@H]1CCCN1C(=O)[C@H](NC(=O)c1ccc(NC(=O)OC(C)(C)C)c(Cl)c1)C(C)(C)C. The number of ether oxygens (including phenoxy) is 2. The van der Waals surface area contributed by atoms with Gasteiger partial charge in [-0.3, -0.25) is 24.5 Å². The maximum absolute atomic E-state index is 14.0. The Hall–Kier alpha value is -3.65. The molecule has 3 atom stereocenters. The van der Waals surface area contributed by atoms with Gasteiger partial charge >= 0.3 is 12.1 Å². The van der Waals surface area contributed by atoms with Crippen molar-refractivity contribution in [3.05, 3.63) is 40.3 Å². The fourth-order valence-electron chi connectivity index (χ4n) is 4.75. The van der Waals surface area contributed by atoms with Crippen molar-refractivity contribution in [2.75, 3.05) is 18.1 Å². The molecule has 0 aromatic heterocycles. The molecule has 0 aliphatic carbocycles. The van der Waals surface area contributed by atoms with E-state index in [9.17, 15) is 32.4 Å². The number of sulfone groups is 1. The van der Waals surface area contributed by atoms with Crippen LogP contribution in [0, 0.1) is 5.41 Å². The Bertz CT molecular complexity index is 1520. The smallest absolute Gasteiger partial charge is 0.412 e. The number of nitrogens with one attached hydrogen (secondary N) is 3. The number of hydrogen-bond acceptors (Lipinski definition) is 9. The number of rotatable bonds is 10. The number of amides is 4. The summed E-state index contributed by atoms with van der Waals surface area (Å²) in [6.45, 7) is 15.8. The number of halogens is 1. The van der Waals surface area contributed by atoms with E-state index in [1.54, 1.807) is 62.3 Å². The van der Waals surface area contributed by atoms with Crippen LogP contribution in [-0.4, -0.2) is 85.2 Å². The predicted molar refractivity (Wildman–Crippen MR) is 183 cm³/mol. The first-order valence-electron chi connectivity index (χ1n) is 15.6. The van der Waals surface area contributed by atoms with Crippen molar-refractivity contribution in [3.8, 4) is 0 Å². The van der Waals surface area contributed by atoms with E-state index >= 15 is 0 Å². The summed E-state index contributed by atoms with van der Waals surface area (Å²) in [5.41, 5.74) is -1.94. The van der Waals surface area contributed by atoms with Gasteiger partial charge in [-0.05, 0) is 78.0 Å². The zero-order chi connectivity index (χ0) is 36.8. The molecule has 1 saturated heterocycles. The van der Waals surface area contributed by atoms with Gasteiger partial charge in [0.25, 0.3) is 5.91 Å². The van der Waals surface area contributed by atoms with Crippen LogP contribution in [0.1, 0.15) is 91.9 Å². The molecule has 1 aromatic carbocycles. The summed E-state index contributed by atoms with van der Waals surface area (Å²) in [5.74, 6) is -2.31. The molecule has 268 valence electrons. The molecule has 3 N–H and O–H groups in total. The summed E-state index contributed by atoms with van der Waals surface area (Å²) in [6, 6.07) is 1.24. The average Bonchev–Trinajstić information content (AvgIpc) is 3.38. The largest absolute Gasteiger partial charge is 0.460 e. The summed E-state index contributed by atoms with van der Waals surface area (Å²) < 4.78 is 34.2. The van der Waals surface area contributed by atoms with E-state index in [2.05, 4.69) is 16.0 Å². The zero-order valence-electron chi connectivity index (χ0n) is 29.4. The molecule has 1 aromatic rings. The lowest BCUT2D eigenvalue weighted by Gasteiger charge is -2.35. The van der Waals surface area contributed by atoms with Crippen LogP contribution in [0.5, 0.6) is 0 Å². The predicted octanol–water partition coefficient (Wildman–Crippen LogP) is 4.60. The fraction of sp³-hybridized carbons (Fsp3) is 0.606. The number of carbonyl (C=O) groups excluding carboxylic acids is 5. The minimum Gasteiger partial charge on any atom is -0.460 e. The lowest BCUT2D eigenvalue weighted by atomic mass is 9.85. The molecule has 1 aliphatic rings. The number of hydrogen-bond donors (Lipinski definition) is 3. The van der Waals surface area contributed by atoms with Gasteiger partial charge in [0.15, 0.2) is 9.84 Å². The highest BCUT2D eigenvalue weighted by Gasteiger charge is 2.42. The summed E-state index contributed by atoms with van der Waals surface area (Å²) in [6.07, 6.45) is 1.97. The van der Waals surface area contributed by atoms with Crippen LogP contribution in [0.3, 0.4) is 0 Å². The molecule has 1 fully saturated rings. The van der Waals surface area contributed by atoms with Gasteiger partial charge in [-0.1, -0.05) is 38.4 Å². The van der Waals surface area contributed by atoms with Gasteiger partial charge in [0, 0.05) is 23.8 Å². The Labute approximate surface area is 288 Å². The second-order valence-corrected chi connectivity index (χ2v) is 17.2. The molecule has 0 radical (unpaired) electrons. The lowest BCUT2D eigenvalue weighted by molar-refractivity contribution is -0.155. The van der Waals surface area contributed by atoms with Crippen molar-refractivity contribution in [3.63, 3.8) is 0 Å². The van der Waals surface area contributed by atoms with Crippen molar-refractivity contribution in [2.45, 2.75) is 111 Å². The van der Waals surface area contributed by atoms with E-state index in [1.165, 1.54) is 29.2 Å². The van der Waals surface area contributed by atoms with Crippen molar-refractivity contribution >= 4 is 56.9 Å². The highest BCUT2D eigenvalue weighted by molar-refractivity contribution is 7.93. The monoisotopic (exact) mass is 712 g/mol. The Kier molecular flexibility index (Phi) is 13.3. The quantitative estimate of drug-likeness (QED) is 0.293. The van der Waals surface area contributed by atoms with Crippen molar-refractivity contribution in [2.24, 2.45) is 5.41 Å². The van der Waals surface area contributed by atoms with Gasteiger partial charge in [0.1, 0.15) is 23.3 Å². The number of anilines is 1. The molecule has 1 heterocycles. The molecule has 4 amide bonds. The van der Waals surface area contributed by atoms with Crippen molar-refractivity contribution in [1.82, 2.24) is 15.5 Å². The molecule has 48 heavy (non-hydrogen) atoms. The maximum Gasteiger partial charge on any atom is 0.412 e. The average molecular weight is 713 g/mol. The van der Waals surface area contributed by atoms with Crippen molar-refractivity contribution in [1.29, 1.82) is 0 Å². The number of nitrogens with zero attached hydrogens (tertiary/aromatic N) is 1. The molecule has 0 bridgehead atoms.